The van der Waals surface area contributed by atoms with E-state index < -0.39 is 70.1 Å². The maximum atomic E-state index is 14.1. The molecule has 0 aliphatic rings. The van der Waals surface area contributed by atoms with E-state index in [-0.39, 0.29) is 12.8 Å². The van der Waals surface area contributed by atoms with Crippen molar-refractivity contribution in [2.24, 2.45) is 0 Å². The molecule has 0 fully saturated rings. The molecule has 3 aromatic rings. The van der Waals surface area contributed by atoms with Crippen LogP contribution in [0.3, 0.4) is 0 Å². The summed E-state index contributed by atoms with van der Waals surface area (Å²) < 4.78 is 57.9. The lowest BCUT2D eigenvalue weighted by Gasteiger charge is -2.28. The summed E-state index contributed by atoms with van der Waals surface area (Å²) in [7, 11) is -2.87. The molecule has 0 spiro atoms. The first kappa shape index (κ1) is 45.5. The maximum absolute atomic E-state index is 14.1. The molecule has 4 atom stereocenters. The minimum Gasteiger partial charge on any atom is -0.494 e. The number of carbonyl (C=O) groups excluding carboxylic acids is 5. The summed E-state index contributed by atoms with van der Waals surface area (Å²) in [6, 6.07) is 18.4. The summed E-state index contributed by atoms with van der Waals surface area (Å²) in [6.07, 6.45) is -4.26. The Balaban J connectivity index is 1.92. The van der Waals surface area contributed by atoms with Gasteiger partial charge < -0.3 is 39.6 Å². The van der Waals surface area contributed by atoms with Crippen molar-refractivity contribution in [2.75, 3.05) is 20.8 Å². The zero-order chi connectivity index (χ0) is 42.2. The van der Waals surface area contributed by atoms with Crippen LogP contribution in [0.25, 0.3) is 0 Å². The molecule has 0 heterocycles. The van der Waals surface area contributed by atoms with E-state index in [1.807, 2.05) is 37.3 Å². The molecule has 310 valence electrons. The van der Waals surface area contributed by atoms with Crippen LogP contribution in [0.5, 0.6) is 11.5 Å². The number of hydrogen-bond donors (Lipinski definition) is 4. The molecule has 0 saturated carbocycles. The highest BCUT2D eigenvalue weighted by atomic mass is 32.2. The van der Waals surface area contributed by atoms with E-state index in [0.29, 0.717) is 35.8 Å². The lowest BCUT2D eigenvalue weighted by Crippen LogP contribution is -2.60. The number of nitrogens with one attached hydrogen (secondary N) is 4. The summed E-state index contributed by atoms with van der Waals surface area (Å²) in [5, 5.41) is 7.45. The van der Waals surface area contributed by atoms with Crippen molar-refractivity contribution in [1.82, 2.24) is 20.7 Å². The van der Waals surface area contributed by atoms with Crippen molar-refractivity contribution in [2.45, 2.75) is 83.9 Å². The Kier molecular flexibility index (Phi) is 17.1. The van der Waals surface area contributed by atoms with Gasteiger partial charge in [0.05, 0.1) is 20.8 Å². The van der Waals surface area contributed by atoms with Crippen LogP contribution in [-0.4, -0.2) is 89.0 Å². The van der Waals surface area contributed by atoms with Crippen molar-refractivity contribution in [3.05, 3.63) is 95.6 Å². The van der Waals surface area contributed by atoms with Gasteiger partial charge in [-0.15, -0.1) is 0 Å². The molecule has 0 bridgehead atoms. The van der Waals surface area contributed by atoms with Crippen molar-refractivity contribution < 1.29 is 60.3 Å². The number of ether oxygens (including phenoxy) is 5. The molecule has 0 radical (unpaired) electrons. The van der Waals surface area contributed by atoms with E-state index >= 15 is 0 Å². The first-order valence-electron chi connectivity index (χ1n) is 17.9. The Labute approximate surface area is 332 Å². The highest BCUT2D eigenvalue weighted by Crippen LogP contribution is 2.18. The van der Waals surface area contributed by atoms with Gasteiger partial charge in [-0.1, -0.05) is 54.6 Å². The molecule has 0 aliphatic carbocycles. The molecule has 3 aromatic carbocycles. The van der Waals surface area contributed by atoms with Gasteiger partial charge in [-0.2, -0.15) is 13.1 Å². The molecular formula is C39H50N4O13S. The Hall–Kier alpha value is -5.88. The van der Waals surface area contributed by atoms with Crippen LogP contribution >= 0.6 is 0 Å². The van der Waals surface area contributed by atoms with Gasteiger partial charge in [0.2, 0.25) is 11.8 Å². The molecule has 57 heavy (non-hydrogen) atoms. The van der Waals surface area contributed by atoms with Crippen molar-refractivity contribution in [3.8, 4) is 11.5 Å². The van der Waals surface area contributed by atoms with E-state index in [9.17, 15) is 32.4 Å². The van der Waals surface area contributed by atoms with E-state index in [1.54, 1.807) is 69.3 Å². The maximum Gasteiger partial charge on any atom is 0.422 e. The highest BCUT2D eigenvalue weighted by Gasteiger charge is 2.37. The Morgan fingerprint density at radius 2 is 1.23 bits per heavy atom. The Morgan fingerprint density at radius 3 is 1.75 bits per heavy atom. The Bertz CT molecular complexity index is 1900. The third-order valence-corrected chi connectivity index (χ3v) is 8.79. The molecule has 0 saturated heterocycles. The summed E-state index contributed by atoms with van der Waals surface area (Å²) in [5.41, 5.74) is 1.18. The van der Waals surface area contributed by atoms with Gasteiger partial charge in [0.25, 0.3) is 0 Å². The average Bonchev–Trinajstić information content (AvgIpc) is 3.15. The van der Waals surface area contributed by atoms with E-state index in [2.05, 4.69) is 20.7 Å². The predicted molar refractivity (Wildman–Crippen MR) is 206 cm³/mol. The quantitative estimate of drug-likeness (QED) is 0.101. The minimum atomic E-state index is -4.91. The highest BCUT2D eigenvalue weighted by molar-refractivity contribution is 7.85. The van der Waals surface area contributed by atoms with Gasteiger partial charge >= 0.3 is 28.5 Å². The number of esters is 1. The van der Waals surface area contributed by atoms with Crippen LogP contribution < -0.4 is 30.1 Å². The average molecular weight is 815 g/mol. The topological polar surface area (TPSA) is 223 Å². The van der Waals surface area contributed by atoms with Crippen LogP contribution in [-0.2, 0) is 62.5 Å². The van der Waals surface area contributed by atoms with Crippen LogP contribution in [0, 0.1) is 0 Å². The van der Waals surface area contributed by atoms with Crippen LogP contribution in [0.1, 0.15) is 51.3 Å². The second-order valence-corrected chi connectivity index (χ2v) is 14.8. The lowest BCUT2D eigenvalue weighted by molar-refractivity contribution is -0.145. The van der Waals surface area contributed by atoms with Gasteiger partial charge in [-0.3, -0.25) is 9.59 Å². The van der Waals surface area contributed by atoms with Crippen molar-refractivity contribution >= 4 is 40.3 Å². The molecule has 0 unspecified atom stereocenters. The number of amides is 4. The molecule has 4 N–H and O–H groups in total. The largest absolute Gasteiger partial charge is 0.494 e. The molecule has 17 nitrogen and oxygen atoms in total. The second-order valence-electron chi connectivity index (χ2n) is 13.5. The smallest absolute Gasteiger partial charge is 0.422 e. The first-order chi connectivity index (χ1) is 26.9. The summed E-state index contributed by atoms with van der Waals surface area (Å²) >= 11 is 0. The fourth-order valence-electron chi connectivity index (χ4n) is 5.15. The summed E-state index contributed by atoms with van der Waals surface area (Å²) in [5.74, 6) is -1.76. The first-order valence-corrected chi connectivity index (χ1v) is 19.3. The number of methoxy groups -OCH3 is 2. The molecule has 0 aliphatic heterocycles. The van der Waals surface area contributed by atoms with Crippen molar-refractivity contribution in [1.29, 1.82) is 0 Å². The zero-order valence-corrected chi connectivity index (χ0v) is 33.7. The lowest BCUT2D eigenvalue weighted by atomic mass is 10.0. The third kappa shape index (κ3) is 16.0. The number of rotatable bonds is 19. The standard InChI is InChI=1S/C39H50N4O13S/c1-8-53-29-18-14-27(15-19-29)23-32(36(46)51-6)40-35(45)33(25(2)56-57(49,50)43-38(48)52-7)42-34(44)31(41-37(47)55-39(3,4)5)22-26-16-20-30(21-17-26)54-24-28-12-10-9-11-13-28/h9-21,25,31-33H,8,22-24H2,1-7H3,(H,40,45)(H,41,47)(H,42,44)(H,43,48)/t25-,31-,32-,33+/m0/s1. The Morgan fingerprint density at radius 1 is 0.667 bits per heavy atom. The zero-order valence-electron chi connectivity index (χ0n) is 32.9. The van der Waals surface area contributed by atoms with E-state index in [0.717, 1.165) is 26.7 Å². The summed E-state index contributed by atoms with van der Waals surface area (Å²) in [4.78, 5) is 65.6. The van der Waals surface area contributed by atoms with Crippen molar-refractivity contribution in [3.63, 3.8) is 0 Å². The van der Waals surface area contributed by atoms with E-state index in [1.165, 1.54) is 4.72 Å². The molecule has 3 rings (SSSR count). The minimum absolute atomic E-state index is 0.0726. The second kappa shape index (κ2) is 21.4. The van der Waals surface area contributed by atoms with Crippen LogP contribution in [0.15, 0.2) is 78.9 Å². The SMILES string of the molecule is CCOc1ccc(C[C@H](NC(=O)[C@H](NC(=O)[C@H](Cc2ccc(OCc3ccccc3)cc2)NC(=O)OC(C)(C)C)[C@H](C)OS(=O)(=O)NC(=O)OC)C(=O)OC)cc1. The molecule has 0 aromatic heterocycles. The predicted octanol–water partition coefficient (Wildman–Crippen LogP) is 3.49. The number of benzene rings is 3. The van der Waals surface area contributed by atoms with Crippen LogP contribution in [0.2, 0.25) is 0 Å². The third-order valence-electron chi connectivity index (χ3n) is 7.82. The number of carbonyl (C=O) groups is 5. The fraction of sp³-hybridized carbons (Fsp3) is 0.410. The van der Waals surface area contributed by atoms with Gasteiger partial charge in [0.15, 0.2) is 0 Å². The van der Waals surface area contributed by atoms with Gasteiger partial charge in [0, 0.05) is 12.8 Å². The van der Waals surface area contributed by atoms with Gasteiger partial charge in [-0.25, -0.2) is 18.6 Å². The van der Waals surface area contributed by atoms with Gasteiger partial charge in [-0.05, 0) is 75.6 Å². The number of hydrogen-bond acceptors (Lipinski definition) is 13. The van der Waals surface area contributed by atoms with E-state index in [4.69, 9.17) is 23.1 Å². The molecule has 4 amide bonds. The van der Waals surface area contributed by atoms with Crippen LogP contribution in [0.4, 0.5) is 9.59 Å². The molecule has 18 heteroatoms. The summed E-state index contributed by atoms with van der Waals surface area (Å²) in [6.45, 7) is 8.59. The monoisotopic (exact) mass is 814 g/mol. The normalized spacial score (nSPS) is 13.4. The fourth-order valence-corrected chi connectivity index (χ4v) is 6.00. The van der Waals surface area contributed by atoms with Gasteiger partial charge in [0.1, 0.15) is 47.9 Å². The number of alkyl carbamates (subject to hydrolysis) is 1. The molecular weight excluding hydrogens is 765 g/mol.